The molecule has 186 valence electrons. The SMILES string of the molecule is O=C1COc2ccc(CNC(=O)c3nc(COc4ccccc4)c(-c4ccc(Cl)cc4)c(=O)[nH]3)cc2N1. The second kappa shape index (κ2) is 10.5. The first-order chi connectivity index (χ1) is 18.0. The summed E-state index contributed by atoms with van der Waals surface area (Å²) in [7, 11) is 0. The van der Waals surface area contributed by atoms with Crippen LogP contribution >= 0.6 is 11.6 Å². The van der Waals surface area contributed by atoms with E-state index in [0.717, 1.165) is 5.56 Å². The summed E-state index contributed by atoms with van der Waals surface area (Å²) < 4.78 is 11.2. The van der Waals surface area contributed by atoms with Crippen LogP contribution in [-0.2, 0) is 17.9 Å². The van der Waals surface area contributed by atoms with Crippen LogP contribution in [0.4, 0.5) is 5.69 Å². The van der Waals surface area contributed by atoms with Crippen LogP contribution in [0.15, 0.2) is 77.6 Å². The number of nitrogens with zero attached hydrogens (tertiary/aromatic N) is 1. The molecule has 37 heavy (non-hydrogen) atoms. The quantitative estimate of drug-likeness (QED) is 0.342. The van der Waals surface area contributed by atoms with Crippen molar-refractivity contribution in [2.45, 2.75) is 13.2 Å². The molecule has 0 spiro atoms. The molecule has 10 heteroatoms. The number of para-hydroxylation sites is 1. The molecular formula is C27H21ClN4O5. The van der Waals surface area contributed by atoms with Crippen molar-refractivity contribution in [2.75, 3.05) is 11.9 Å². The van der Waals surface area contributed by atoms with Crippen LogP contribution in [-0.4, -0.2) is 28.4 Å². The summed E-state index contributed by atoms with van der Waals surface area (Å²) in [6.07, 6.45) is 0. The van der Waals surface area contributed by atoms with Crippen LogP contribution in [0.25, 0.3) is 11.1 Å². The van der Waals surface area contributed by atoms with Crippen molar-refractivity contribution in [2.24, 2.45) is 0 Å². The number of hydrogen-bond donors (Lipinski definition) is 3. The van der Waals surface area contributed by atoms with E-state index in [1.165, 1.54) is 0 Å². The van der Waals surface area contributed by atoms with Gasteiger partial charge in [0.1, 0.15) is 18.1 Å². The molecule has 4 aromatic rings. The summed E-state index contributed by atoms with van der Waals surface area (Å²) in [4.78, 5) is 44.6. The number of aromatic nitrogens is 2. The van der Waals surface area contributed by atoms with Gasteiger partial charge in [-0.25, -0.2) is 4.98 Å². The molecule has 0 aliphatic carbocycles. The van der Waals surface area contributed by atoms with Gasteiger partial charge in [-0.05, 0) is 47.5 Å². The third-order valence-electron chi connectivity index (χ3n) is 5.59. The Kier molecular flexibility index (Phi) is 6.87. The Morgan fingerprint density at radius 1 is 1.05 bits per heavy atom. The maximum atomic E-state index is 13.1. The molecule has 1 aliphatic heterocycles. The molecule has 0 saturated carbocycles. The lowest BCUT2D eigenvalue weighted by Crippen LogP contribution is -2.29. The second-order valence-corrected chi connectivity index (χ2v) is 8.63. The van der Waals surface area contributed by atoms with E-state index >= 15 is 0 Å². The first-order valence-electron chi connectivity index (χ1n) is 11.4. The van der Waals surface area contributed by atoms with Crippen molar-refractivity contribution in [1.82, 2.24) is 15.3 Å². The molecule has 2 amide bonds. The van der Waals surface area contributed by atoms with Gasteiger partial charge in [0.2, 0.25) is 0 Å². The molecule has 1 aliphatic rings. The number of aromatic amines is 1. The van der Waals surface area contributed by atoms with Crippen molar-refractivity contribution in [3.8, 4) is 22.6 Å². The van der Waals surface area contributed by atoms with Crippen LogP contribution in [0.3, 0.4) is 0 Å². The fourth-order valence-electron chi connectivity index (χ4n) is 3.82. The summed E-state index contributed by atoms with van der Waals surface area (Å²) in [5, 5.41) is 6.00. The van der Waals surface area contributed by atoms with Crippen molar-refractivity contribution in [1.29, 1.82) is 0 Å². The highest BCUT2D eigenvalue weighted by molar-refractivity contribution is 6.30. The molecule has 0 bridgehead atoms. The topological polar surface area (TPSA) is 122 Å². The van der Waals surface area contributed by atoms with Crippen LogP contribution in [0.2, 0.25) is 5.02 Å². The average Bonchev–Trinajstić information content (AvgIpc) is 2.91. The summed E-state index contributed by atoms with van der Waals surface area (Å²) in [5.74, 6) is 0.187. The lowest BCUT2D eigenvalue weighted by Gasteiger charge is -2.18. The minimum absolute atomic E-state index is 0.0311. The van der Waals surface area contributed by atoms with E-state index in [4.69, 9.17) is 21.1 Å². The van der Waals surface area contributed by atoms with E-state index < -0.39 is 11.5 Å². The highest BCUT2D eigenvalue weighted by Crippen LogP contribution is 2.28. The largest absolute Gasteiger partial charge is 0.487 e. The number of benzene rings is 3. The van der Waals surface area contributed by atoms with Crippen LogP contribution in [0.5, 0.6) is 11.5 Å². The fourth-order valence-corrected chi connectivity index (χ4v) is 3.95. The zero-order valence-electron chi connectivity index (χ0n) is 19.4. The van der Waals surface area contributed by atoms with E-state index in [2.05, 4.69) is 20.6 Å². The summed E-state index contributed by atoms with van der Waals surface area (Å²) in [6, 6.07) is 21.1. The Bertz CT molecular complexity index is 1520. The third kappa shape index (κ3) is 5.62. The Balaban J connectivity index is 1.39. The molecule has 0 unspecified atom stereocenters. The number of amides is 2. The third-order valence-corrected chi connectivity index (χ3v) is 5.84. The number of carbonyl (C=O) groups is 2. The van der Waals surface area contributed by atoms with E-state index in [1.54, 1.807) is 54.6 Å². The standard InChI is InChI=1S/C27H21ClN4O5/c28-18-9-7-17(8-10-18)24-21(14-36-19-4-2-1-3-5-19)31-25(32-26(24)34)27(35)29-13-16-6-11-22-20(12-16)30-23(33)15-37-22/h1-12H,13-15H2,(H,29,35)(H,30,33)(H,31,32,34). The normalized spacial score (nSPS) is 12.2. The van der Waals surface area contributed by atoms with Gasteiger partial charge < -0.3 is 25.1 Å². The van der Waals surface area contributed by atoms with Gasteiger partial charge in [0.15, 0.2) is 12.4 Å². The lowest BCUT2D eigenvalue weighted by atomic mass is 10.1. The van der Waals surface area contributed by atoms with Gasteiger partial charge in [-0.3, -0.25) is 14.4 Å². The Labute approximate surface area is 216 Å². The number of fused-ring (bicyclic) bond motifs is 1. The van der Waals surface area contributed by atoms with Gasteiger partial charge in [-0.15, -0.1) is 0 Å². The van der Waals surface area contributed by atoms with Crippen molar-refractivity contribution < 1.29 is 19.1 Å². The van der Waals surface area contributed by atoms with Crippen molar-refractivity contribution in [3.63, 3.8) is 0 Å². The maximum absolute atomic E-state index is 13.1. The molecule has 0 saturated heterocycles. The number of carbonyl (C=O) groups excluding carboxylic acids is 2. The van der Waals surface area contributed by atoms with Crippen molar-refractivity contribution >= 4 is 29.1 Å². The fraction of sp³-hybridized carbons (Fsp3) is 0.111. The molecule has 9 nitrogen and oxygen atoms in total. The second-order valence-electron chi connectivity index (χ2n) is 8.19. The highest BCUT2D eigenvalue weighted by atomic mass is 35.5. The van der Waals surface area contributed by atoms with Gasteiger partial charge in [0, 0.05) is 11.6 Å². The Morgan fingerprint density at radius 2 is 1.84 bits per heavy atom. The van der Waals surface area contributed by atoms with E-state index in [9.17, 15) is 14.4 Å². The molecule has 0 radical (unpaired) electrons. The first-order valence-corrected chi connectivity index (χ1v) is 11.7. The summed E-state index contributed by atoms with van der Waals surface area (Å²) >= 11 is 6.01. The molecule has 3 aromatic carbocycles. The van der Waals surface area contributed by atoms with Gasteiger partial charge in [0.05, 0.1) is 16.9 Å². The number of hydrogen-bond acceptors (Lipinski definition) is 6. The van der Waals surface area contributed by atoms with Crippen molar-refractivity contribution in [3.05, 3.63) is 105 Å². The summed E-state index contributed by atoms with van der Waals surface area (Å²) in [5.41, 5.74) is 1.95. The smallest absolute Gasteiger partial charge is 0.287 e. The van der Waals surface area contributed by atoms with Gasteiger partial charge in [0.25, 0.3) is 17.4 Å². The van der Waals surface area contributed by atoms with Gasteiger partial charge in [-0.1, -0.05) is 48.0 Å². The van der Waals surface area contributed by atoms with E-state index in [0.29, 0.717) is 33.5 Å². The summed E-state index contributed by atoms with van der Waals surface area (Å²) in [6.45, 7) is 0.0711. The van der Waals surface area contributed by atoms with Crippen LogP contribution in [0, 0.1) is 0 Å². The predicted octanol–water partition coefficient (Wildman–Crippen LogP) is 3.93. The number of rotatable bonds is 7. The predicted molar refractivity (Wildman–Crippen MR) is 138 cm³/mol. The average molecular weight is 517 g/mol. The minimum Gasteiger partial charge on any atom is -0.487 e. The van der Waals surface area contributed by atoms with Gasteiger partial charge in [-0.2, -0.15) is 0 Å². The first kappa shape index (κ1) is 24.1. The molecule has 1 aromatic heterocycles. The highest BCUT2D eigenvalue weighted by Gasteiger charge is 2.19. The zero-order valence-corrected chi connectivity index (χ0v) is 20.2. The zero-order chi connectivity index (χ0) is 25.8. The molecule has 0 atom stereocenters. The maximum Gasteiger partial charge on any atom is 0.287 e. The molecule has 3 N–H and O–H groups in total. The molecule has 2 heterocycles. The van der Waals surface area contributed by atoms with Gasteiger partial charge >= 0.3 is 0 Å². The lowest BCUT2D eigenvalue weighted by molar-refractivity contribution is -0.118. The number of halogens is 1. The van der Waals surface area contributed by atoms with Crippen LogP contribution < -0.4 is 25.7 Å². The molecule has 0 fully saturated rings. The monoisotopic (exact) mass is 516 g/mol. The van der Waals surface area contributed by atoms with E-state index in [1.807, 2.05) is 18.2 Å². The van der Waals surface area contributed by atoms with Crippen LogP contribution in [0.1, 0.15) is 21.9 Å². The molecule has 5 rings (SSSR count). The number of anilines is 1. The van der Waals surface area contributed by atoms with E-state index in [-0.39, 0.29) is 37.1 Å². The minimum atomic E-state index is -0.571. The number of ether oxygens (including phenoxy) is 2. The molecular weight excluding hydrogens is 496 g/mol. The Morgan fingerprint density at radius 3 is 2.62 bits per heavy atom. The number of nitrogens with one attached hydrogen (secondary N) is 3. The Hall–Kier alpha value is -4.63. The number of H-pyrrole nitrogens is 1.